The lowest BCUT2D eigenvalue weighted by Gasteiger charge is -2.24. The molecule has 0 saturated carbocycles. The van der Waals surface area contributed by atoms with Crippen LogP contribution in [-0.4, -0.2) is 39.2 Å². The number of benzene rings is 1. The van der Waals surface area contributed by atoms with Crippen molar-refractivity contribution < 1.29 is 24.8 Å². The van der Waals surface area contributed by atoms with Crippen molar-refractivity contribution in [2.75, 3.05) is 6.61 Å². The van der Waals surface area contributed by atoms with Gasteiger partial charge < -0.3 is 24.8 Å². The zero-order valence-corrected chi connectivity index (χ0v) is 14.7. The van der Waals surface area contributed by atoms with Crippen LogP contribution in [0.4, 0.5) is 0 Å². The molecule has 3 atom stereocenters. The summed E-state index contributed by atoms with van der Waals surface area (Å²) in [5, 5.41) is 38.4. The predicted molar refractivity (Wildman–Crippen MR) is 101 cm³/mol. The van der Waals surface area contributed by atoms with E-state index < -0.39 is 24.7 Å². The molecule has 4 N–H and O–H groups in total. The molecule has 0 aliphatic carbocycles. The fourth-order valence-corrected chi connectivity index (χ4v) is 2.87. The van der Waals surface area contributed by atoms with E-state index in [1.54, 1.807) is 12.1 Å². The summed E-state index contributed by atoms with van der Waals surface area (Å²) in [5.41, 5.74) is 1.96. The minimum Gasteiger partial charge on any atom is -0.459 e. The molecule has 1 aromatic carbocycles. The topological polar surface area (TPSA) is 94.1 Å². The van der Waals surface area contributed by atoms with Gasteiger partial charge in [-0.05, 0) is 42.2 Å². The summed E-state index contributed by atoms with van der Waals surface area (Å²) < 4.78 is 5.54. The Kier molecular flexibility index (Phi) is 7.81. The van der Waals surface area contributed by atoms with Gasteiger partial charge in [-0.3, -0.25) is 0 Å². The van der Waals surface area contributed by atoms with Crippen molar-refractivity contribution in [3.05, 3.63) is 72.2 Å². The lowest BCUT2D eigenvalue weighted by molar-refractivity contribution is 0.00257. The number of furan rings is 1. The normalized spacial score (nSPS) is 15.5. The van der Waals surface area contributed by atoms with Crippen molar-refractivity contribution in [2.45, 2.75) is 31.7 Å². The van der Waals surface area contributed by atoms with E-state index in [9.17, 15) is 10.2 Å². The molecule has 0 spiro atoms. The number of hydrogen-bond donors (Lipinski definition) is 4. The third-order valence-corrected chi connectivity index (χ3v) is 4.36. The van der Waals surface area contributed by atoms with E-state index in [0.29, 0.717) is 24.4 Å². The molecular weight excluding hydrogens is 332 g/mol. The van der Waals surface area contributed by atoms with Crippen molar-refractivity contribution in [3.63, 3.8) is 0 Å². The first kappa shape index (κ1) is 20.1. The number of aliphatic hydroxyl groups is 4. The molecule has 0 radical (unpaired) electrons. The Hall–Kier alpha value is -2.18. The molecule has 5 heteroatoms. The van der Waals surface area contributed by atoms with Crippen LogP contribution in [0.25, 0.3) is 11.6 Å². The minimum absolute atomic E-state index is 0.159. The number of allylic oxidation sites excluding steroid dienone is 1. The Morgan fingerprint density at radius 3 is 2.35 bits per heavy atom. The standard InChI is InChI=1S/C21H26O5/c1-2-19(21(25)14-23)20(24)11-8-16(15-6-4-3-5-7-15)12-17-9-10-18(13-22)26-17/h2-7,9-10,12,19-25H,1,8,11,13-14H2/b16-12-/t19-,20-,21-/m1/s1. The van der Waals surface area contributed by atoms with Crippen LogP contribution in [0.5, 0.6) is 0 Å². The molecular formula is C21H26O5. The quantitative estimate of drug-likeness (QED) is 0.490. The van der Waals surface area contributed by atoms with Crippen LogP contribution in [0.15, 0.2) is 59.5 Å². The highest BCUT2D eigenvalue weighted by atomic mass is 16.4. The molecule has 2 rings (SSSR count). The fraction of sp³-hybridized carbons (Fsp3) is 0.333. The summed E-state index contributed by atoms with van der Waals surface area (Å²) in [5.74, 6) is 0.515. The maximum Gasteiger partial charge on any atom is 0.130 e. The first-order valence-corrected chi connectivity index (χ1v) is 8.64. The van der Waals surface area contributed by atoms with Gasteiger partial charge in [0.25, 0.3) is 0 Å². The molecule has 2 aromatic rings. The Balaban J connectivity index is 2.18. The molecule has 1 heterocycles. The molecule has 0 amide bonds. The van der Waals surface area contributed by atoms with Crippen LogP contribution in [0, 0.1) is 5.92 Å². The number of hydrogen-bond acceptors (Lipinski definition) is 5. The smallest absolute Gasteiger partial charge is 0.130 e. The van der Waals surface area contributed by atoms with E-state index in [1.807, 2.05) is 36.4 Å². The van der Waals surface area contributed by atoms with Gasteiger partial charge in [-0.2, -0.15) is 0 Å². The van der Waals surface area contributed by atoms with Gasteiger partial charge in [-0.1, -0.05) is 36.4 Å². The molecule has 0 aliphatic rings. The third-order valence-electron chi connectivity index (χ3n) is 4.36. The van der Waals surface area contributed by atoms with Crippen LogP contribution in [0.3, 0.4) is 0 Å². The highest BCUT2D eigenvalue weighted by Gasteiger charge is 2.23. The summed E-state index contributed by atoms with van der Waals surface area (Å²) in [7, 11) is 0. The summed E-state index contributed by atoms with van der Waals surface area (Å²) in [4.78, 5) is 0. The molecule has 0 saturated heterocycles. The molecule has 26 heavy (non-hydrogen) atoms. The van der Waals surface area contributed by atoms with Crippen LogP contribution in [-0.2, 0) is 6.61 Å². The van der Waals surface area contributed by atoms with E-state index >= 15 is 0 Å². The first-order valence-electron chi connectivity index (χ1n) is 8.64. The monoisotopic (exact) mass is 358 g/mol. The maximum absolute atomic E-state index is 10.4. The molecule has 5 nitrogen and oxygen atoms in total. The Morgan fingerprint density at radius 2 is 1.77 bits per heavy atom. The molecule has 0 unspecified atom stereocenters. The van der Waals surface area contributed by atoms with Gasteiger partial charge in [0.05, 0.1) is 18.8 Å². The zero-order valence-electron chi connectivity index (χ0n) is 14.7. The van der Waals surface area contributed by atoms with Crippen LogP contribution >= 0.6 is 0 Å². The lowest BCUT2D eigenvalue weighted by atomic mass is 9.90. The Bertz CT molecular complexity index is 704. The lowest BCUT2D eigenvalue weighted by Crippen LogP contribution is -2.32. The highest BCUT2D eigenvalue weighted by molar-refractivity contribution is 5.80. The average molecular weight is 358 g/mol. The van der Waals surface area contributed by atoms with Gasteiger partial charge in [0, 0.05) is 5.92 Å². The largest absolute Gasteiger partial charge is 0.459 e. The highest BCUT2D eigenvalue weighted by Crippen LogP contribution is 2.26. The third kappa shape index (κ3) is 5.41. The second-order valence-corrected chi connectivity index (χ2v) is 6.17. The maximum atomic E-state index is 10.4. The van der Waals surface area contributed by atoms with Crippen molar-refractivity contribution in [3.8, 4) is 0 Å². The molecule has 0 bridgehead atoms. The van der Waals surface area contributed by atoms with E-state index in [4.69, 9.17) is 14.6 Å². The number of rotatable bonds is 10. The summed E-state index contributed by atoms with van der Waals surface area (Å²) in [6.07, 6.45) is 2.42. The SMILES string of the molecule is C=C[C@@H]([C@H](O)CO)[C@H](O)CC/C(=C/c1ccc(CO)o1)c1ccccc1. The van der Waals surface area contributed by atoms with Crippen LogP contribution < -0.4 is 0 Å². The van der Waals surface area contributed by atoms with E-state index in [2.05, 4.69) is 6.58 Å². The van der Waals surface area contributed by atoms with Crippen molar-refractivity contribution >= 4 is 11.6 Å². The van der Waals surface area contributed by atoms with Crippen molar-refractivity contribution in [2.24, 2.45) is 5.92 Å². The Morgan fingerprint density at radius 1 is 1.04 bits per heavy atom. The second-order valence-electron chi connectivity index (χ2n) is 6.17. The van der Waals surface area contributed by atoms with Gasteiger partial charge in [-0.15, -0.1) is 6.58 Å². The average Bonchev–Trinajstić information content (AvgIpc) is 3.13. The van der Waals surface area contributed by atoms with Crippen molar-refractivity contribution in [1.82, 2.24) is 0 Å². The fourth-order valence-electron chi connectivity index (χ4n) is 2.87. The van der Waals surface area contributed by atoms with E-state index in [0.717, 1.165) is 11.1 Å². The van der Waals surface area contributed by atoms with Crippen LogP contribution in [0.1, 0.15) is 29.9 Å². The Labute approximate surface area is 153 Å². The summed E-state index contributed by atoms with van der Waals surface area (Å²) in [6.45, 7) is 3.05. The van der Waals surface area contributed by atoms with Crippen LogP contribution in [0.2, 0.25) is 0 Å². The molecule has 1 aromatic heterocycles. The molecule has 0 fully saturated rings. The van der Waals surface area contributed by atoms with Gasteiger partial charge in [0.15, 0.2) is 0 Å². The predicted octanol–water partition coefficient (Wildman–Crippen LogP) is 2.61. The molecule has 0 aliphatic heterocycles. The zero-order chi connectivity index (χ0) is 18.9. The van der Waals surface area contributed by atoms with Gasteiger partial charge >= 0.3 is 0 Å². The second kappa shape index (κ2) is 10.1. The van der Waals surface area contributed by atoms with E-state index in [-0.39, 0.29) is 6.61 Å². The number of aliphatic hydroxyl groups excluding tert-OH is 4. The van der Waals surface area contributed by atoms with Gasteiger partial charge in [0.2, 0.25) is 0 Å². The molecule has 140 valence electrons. The summed E-state index contributed by atoms with van der Waals surface area (Å²) >= 11 is 0. The van der Waals surface area contributed by atoms with E-state index in [1.165, 1.54) is 6.08 Å². The van der Waals surface area contributed by atoms with Gasteiger partial charge in [-0.25, -0.2) is 0 Å². The minimum atomic E-state index is -1.04. The first-order chi connectivity index (χ1) is 12.6. The summed E-state index contributed by atoms with van der Waals surface area (Å²) in [6, 6.07) is 13.2. The van der Waals surface area contributed by atoms with Crippen molar-refractivity contribution in [1.29, 1.82) is 0 Å². The van der Waals surface area contributed by atoms with Gasteiger partial charge in [0.1, 0.15) is 18.1 Å².